The smallest absolute Gasteiger partial charge is 0.166 e. The van der Waals surface area contributed by atoms with Crippen molar-refractivity contribution in [3.05, 3.63) is 247 Å². The van der Waals surface area contributed by atoms with Gasteiger partial charge in [0.15, 0.2) is 17.5 Å². The minimum Gasteiger partial charge on any atom is -0.309 e. The number of para-hydroxylation sites is 3. The number of aromatic nitrogens is 5. The van der Waals surface area contributed by atoms with Gasteiger partial charge >= 0.3 is 0 Å². The lowest BCUT2D eigenvalue weighted by atomic mass is 9.98. The van der Waals surface area contributed by atoms with Gasteiger partial charge < -0.3 is 9.13 Å². The monoisotopic (exact) mass is 923 g/mol. The van der Waals surface area contributed by atoms with Gasteiger partial charge in [0, 0.05) is 43.8 Å². The molecule has 0 unspecified atom stereocenters. The van der Waals surface area contributed by atoms with E-state index >= 15 is 0 Å². The Morgan fingerprint density at radius 3 is 1.17 bits per heavy atom. The van der Waals surface area contributed by atoms with Crippen LogP contribution in [0.25, 0.3) is 123 Å². The van der Waals surface area contributed by atoms with Gasteiger partial charge in [0.2, 0.25) is 0 Å². The molecule has 0 bridgehead atoms. The van der Waals surface area contributed by atoms with Crippen LogP contribution in [0, 0.1) is 27.7 Å². The second kappa shape index (κ2) is 17.3. The average Bonchev–Trinajstić information content (AvgIpc) is 3.92. The van der Waals surface area contributed by atoms with Crippen LogP contribution in [0.3, 0.4) is 0 Å². The molecule has 0 saturated heterocycles. The molecule has 0 atom stereocenters. The molecule has 0 spiro atoms. The predicted octanol–water partition coefficient (Wildman–Crippen LogP) is 17.3. The highest BCUT2D eigenvalue weighted by Gasteiger charge is 2.23. The summed E-state index contributed by atoms with van der Waals surface area (Å²) < 4.78 is 4.83. The van der Waals surface area contributed by atoms with Crippen molar-refractivity contribution in [3.8, 4) is 78.9 Å². The number of fused-ring (bicyclic) bond motifs is 6. The maximum atomic E-state index is 5.39. The zero-order valence-electron chi connectivity index (χ0n) is 40.6. The summed E-state index contributed by atoms with van der Waals surface area (Å²) in [5.74, 6) is 1.81. The van der Waals surface area contributed by atoms with Crippen LogP contribution >= 0.6 is 0 Å². The Morgan fingerprint density at radius 2 is 0.653 bits per heavy atom. The SMILES string of the molecule is Cc1cc(C)cc(-c2ccc3c(c2)c2ccccc2n3-c2ccccc2-c2ccc(-n3c4ccccc4c4cc(-c5cc(C)cc(C)c5)ccc43)c(-c3nc(-c4ccccc4)nc(-c4ccccc4)n3)c2)c1. The third kappa shape index (κ3) is 7.46. The van der Waals surface area contributed by atoms with E-state index in [0.29, 0.717) is 17.5 Å². The van der Waals surface area contributed by atoms with Gasteiger partial charge in [-0.3, -0.25) is 0 Å². The molecule has 72 heavy (non-hydrogen) atoms. The number of benzene rings is 10. The van der Waals surface area contributed by atoms with Crippen LogP contribution in [0.4, 0.5) is 0 Å². The van der Waals surface area contributed by atoms with Crippen LogP contribution in [-0.2, 0) is 0 Å². The molecule has 0 saturated carbocycles. The Balaban J connectivity index is 1.06. The van der Waals surface area contributed by atoms with Gasteiger partial charge in [-0.1, -0.05) is 192 Å². The molecule has 13 aromatic rings. The summed E-state index contributed by atoms with van der Waals surface area (Å²) in [6, 6.07) is 81.0. The van der Waals surface area contributed by atoms with E-state index in [0.717, 1.165) is 61.3 Å². The lowest BCUT2D eigenvalue weighted by molar-refractivity contribution is 1.06. The van der Waals surface area contributed by atoms with Crippen LogP contribution < -0.4 is 0 Å². The Morgan fingerprint density at radius 1 is 0.250 bits per heavy atom. The van der Waals surface area contributed by atoms with Crippen molar-refractivity contribution in [2.24, 2.45) is 0 Å². The molecule has 5 nitrogen and oxygen atoms in total. The second-order valence-electron chi connectivity index (χ2n) is 19.2. The molecular weight excluding hydrogens is 875 g/mol. The number of nitrogens with zero attached hydrogens (tertiary/aromatic N) is 5. The highest BCUT2D eigenvalue weighted by atomic mass is 15.1. The van der Waals surface area contributed by atoms with E-state index in [1.807, 2.05) is 36.4 Å². The zero-order chi connectivity index (χ0) is 48.5. The Hall–Kier alpha value is -9.19. The van der Waals surface area contributed by atoms with Crippen LogP contribution in [0.5, 0.6) is 0 Å². The van der Waals surface area contributed by atoms with E-state index in [1.165, 1.54) is 66.1 Å². The molecule has 0 fully saturated rings. The van der Waals surface area contributed by atoms with Crippen LogP contribution in [0.1, 0.15) is 22.3 Å². The van der Waals surface area contributed by atoms with Gasteiger partial charge in [0.25, 0.3) is 0 Å². The van der Waals surface area contributed by atoms with E-state index in [4.69, 9.17) is 15.0 Å². The standard InChI is InChI=1S/C67H49N5/c1-42-33-43(2)36-51(35-42)48-27-30-62-56(39-48)54-22-12-15-25-60(54)71(62)59-24-14-11-21-53(59)50-29-32-64(58(41-50)67-69-65(46-17-7-5-8-18-46)68-66(70-67)47-19-9-6-10-20-47)72-61-26-16-13-23-55(61)57-40-49(28-31-63(57)72)52-37-44(3)34-45(4)38-52/h5-41H,1-4H3. The van der Waals surface area contributed by atoms with Crippen molar-refractivity contribution in [1.29, 1.82) is 0 Å². The molecule has 0 radical (unpaired) electrons. The van der Waals surface area contributed by atoms with Crippen LogP contribution in [-0.4, -0.2) is 24.1 Å². The van der Waals surface area contributed by atoms with Gasteiger partial charge in [-0.25, -0.2) is 15.0 Å². The molecule has 13 rings (SSSR count). The van der Waals surface area contributed by atoms with Crippen molar-refractivity contribution < 1.29 is 0 Å². The molecule has 0 amide bonds. The number of hydrogen-bond donors (Lipinski definition) is 0. The molecular formula is C67H49N5. The highest BCUT2D eigenvalue weighted by Crippen LogP contribution is 2.43. The summed E-state index contributed by atoms with van der Waals surface area (Å²) in [4.78, 5) is 15.9. The Bertz CT molecular complexity index is 4160. The Kier molecular flexibility index (Phi) is 10.3. The maximum absolute atomic E-state index is 5.39. The summed E-state index contributed by atoms with van der Waals surface area (Å²) in [7, 11) is 0. The quantitative estimate of drug-likeness (QED) is 0.153. The van der Waals surface area contributed by atoms with Gasteiger partial charge in [-0.05, 0) is 110 Å². The fourth-order valence-corrected chi connectivity index (χ4v) is 11.0. The largest absolute Gasteiger partial charge is 0.309 e. The van der Waals surface area contributed by atoms with E-state index < -0.39 is 0 Å². The number of rotatable bonds is 8. The first-order valence-electron chi connectivity index (χ1n) is 24.7. The van der Waals surface area contributed by atoms with Crippen molar-refractivity contribution in [3.63, 3.8) is 0 Å². The topological polar surface area (TPSA) is 48.5 Å². The van der Waals surface area contributed by atoms with Crippen molar-refractivity contribution >= 4 is 43.6 Å². The Labute approximate surface area is 419 Å². The number of aryl methyl sites for hydroxylation is 4. The summed E-state index contributed by atoms with van der Waals surface area (Å²) in [6.07, 6.45) is 0. The molecule has 0 aliphatic rings. The first-order chi connectivity index (χ1) is 35.3. The van der Waals surface area contributed by atoms with E-state index in [2.05, 4.69) is 225 Å². The van der Waals surface area contributed by atoms with Gasteiger partial charge in [-0.2, -0.15) is 0 Å². The highest BCUT2D eigenvalue weighted by molar-refractivity contribution is 6.12. The third-order valence-corrected chi connectivity index (χ3v) is 14.1. The van der Waals surface area contributed by atoms with Gasteiger partial charge in [-0.15, -0.1) is 0 Å². The molecule has 5 heteroatoms. The molecule has 0 aliphatic carbocycles. The predicted molar refractivity (Wildman–Crippen MR) is 300 cm³/mol. The van der Waals surface area contributed by atoms with E-state index in [1.54, 1.807) is 0 Å². The molecule has 0 aliphatic heterocycles. The summed E-state index contributed by atoms with van der Waals surface area (Å²) >= 11 is 0. The molecule has 342 valence electrons. The molecule has 10 aromatic carbocycles. The van der Waals surface area contributed by atoms with Crippen LogP contribution in [0.2, 0.25) is 0 Å². The summed E-state index contributed by atoms with van der Waals surface area (Å²) in [5.41, 5.74) is 21.3. The average molecular weight is 924 g/mol. The lowest BCUT2D eigenvalue weighted by Crippen LogP contribution is -2.04. The minimum absolute atomic E-state index is 0.589. The van der Waals surface area contributed by atoms with Gasteiger partial charge in [0.05, 0.1) is 33.4 Å². The molecule has 3 aromatic heterocycles. The maximum Gasteiger partial charge on any atom is 0.166 e. The van der Waals surface area contributed by atoms with E-state index in [-0.39, 0.29) is 0 Å². The van der Waals surface area contributed by atoms with Gasteiger partial charge in [0.1, 0.15) is 0 Å². The summed E-state index contributed by atoms with van der Waals surface area (Å²) in [6.45, 7) is 8.69. The van der Waals surface area contributed by atoms with Crippen molar-refractivity contribution in [2.45, 2.75) is 27.7 Å². The lowest BCUT2D eigenvalue weighted by Gasteiger charge is -2.18. The first-order valence-corrected chi connectivity index (χ1v) is 24.7. The molecule has 0 N–H and O–H groups in total. The van der Waals surface area contributed by atoms with Crippen molar-refractivity contribution in [1.82, 2.24) is 24.1 Å². The van der Waals surface area contributed by atoms with Crippen molar-refractivity contribution in [2.75, 3.05) is 0 Å². The first kappa shape index (κ1) is 42.9. The third-order valence-electron chi connectivity index (χ3n) is 14.1. The fraction of sp³-hybridized carbons (Fsp3) is 0.0597. The fourth-order valence-electron chi connectivity index (χ4n) is 11.0. The zero-order valence-corrected chi connectivity index (χ0v) is 40.6. The van der Waals surface area contributed by atoms with Crippen LogP contribution in [0.15, 0.2) is 224 Å². The summed E-state index contributed by atoms with van der Waals surface area (Å²) in [5, 5.41) is 4.79. The molecule has 3 heterocycles. The minimum atomic E-state index is 0.589. The second-order valence-corrected chi connectivity index (χ2v) is 19.2. The number of hydrogen-bond acceptors (Lipinski definition) is 3. The normalized spacial score (nSPS) is 11.6. The van der Waals surface area contributed by atoms with E-state index in [9.17, 15) is 0 Å².